The van der Waals surface area contributed by atoms with Crippen LogP contribution in [0.5, 0.6) is 5.75 Å². The number of rotatable bonds is 5. The number of thiazole rings is 1. The number of ether oxygens (including phenoxy) is 1. The monoisotopic (exact) mass is 311 g/mol. The largest absolute Gasteiger partial charge is 0.491 e. The molecule has 22 heavy (non-hydrogen) atoms. The van der Waals surface area contributed by atoms with Crippen molar-refractivity contribution < 1.29 is 9.84 Å². The van der Waals surface area contributed by atoms with E-state index >= 15 is 0 Å². The maximum atomic E-state index is 8.79. The van der Waals surface area contributed by atoms with Gasteiger partial charge in [0.1, 0.15) is 12.4 Å². The molecule has 0 saturated carbocycles. The Labute approximate surface area is 133 Å². The molecule has 0 unspecified atom stereocenters. The van der Waals surface area contributed by atoms with Gasteiger partial charge in [0, 0.05) is 5.56 Å². The Hall–Kier alpha value is -2.17. The lowest BCUT2D eigenvalue weighted by atomic mass is 10.1. The summed E-state index contributed by atoms with van der Waals surface area (Å²) in [4.78, 5) is 5.85. The molecule has 1 aromatic heterocycles. The predicted octanol–water partition coefficient (Wildman–Crippen LogP) is 4.16. The van der Waals surface area contributed by atoms with Crippen LogP contribution >= 0.6 is 11.3 Å². The van der Waals surface area contributed by atoms with Crippen molar-refractivity contribution in [2.45, 2.75) is 6.92 Å². The van der Waals surface area contributed by atoms with Gasteiger partial charge in [-0.05, 0) is 36.8 Å². The Morgan fingerprint density at radius 3 is 2.41 bits per heavy atom. The zero-order chi connectivity index (χ0) is 15.4. The number of aromatic nitrogens is 1. The van der Waals surface area contributed by atoms with Gasteiger partial charge in [-0.15, -0.1) is 11.3 Å². The topological polar surface area (TPSA) is 42.4 Å². The maximum Gasteiger partial charge on any atom is 0.119 e. The Morgan fingerprint density at radius 2 is 1.73 bits per heavy atom. The zero-order valence-electron chi connectivity index (χ0n) is 12.3. The van der Waals surface area contributed by atoms with Crippen LogP contribution in [-0.4, -0.2) is 23.3 Å². The molecule has 0 atom stereocenters. The fourth-order valence-electron chi connectivity index (χ4n) is 2.28. The van der Waals surface area contributed by atoms with Crippen molar-refractivity contribution in [3.05, 3.63) is 59.6 Å². The number of hydrogen-bond donors (Lipinski definition) is 1. The van der Waals surface area contributed by atoms with Crippen LogP contribution in [0.15, 0.2) is 54.6 Å². The van der Waals surface area contributed by atoms with E-state index in [2.05, 4.69) is 17.1 Å². The number of aryl methyl sites for hydroxylation is 1. The van der Waals surface area contributed by atoms with Crippen molar-refractivity contribution in [2.24, 2.45) is 0 Å². The number of benzene rings is 2. The lowest BCUT2D eigenvalue weighted by molar-refractivity contribution is 0.201. The summed E-state index contributed by atoms with van der Waals surface area (Å²) in [6.45, 7) is 2.36. The number of aliphatic hydroxyl groups excluding tert-OH is 1. The first-order valence-electron chi connectivity index (χ1n) is 7.15. The van der Waals surface area contributed by atoms with Crippen LogP contribution in [0.1, 0.15) is 5.01 Å². The lowest BCUT2D eigenvalue weighted by Gasteiger charge is -2.06. The molecule has 3 rings (SSSR count). The van der Waals surface area contributed by atoms with Gasteiger partial charge >= 0.3 is 0 Å². The average Bonchev–Trinajstić information content (AvgIpc) is 2.96. The van der Waals surface area contributed by atoms with Gasteiger partial charge in [-0.25, -0.2) is 4.98 Å². The van der Waals surface area contributed by atoms with E-state index in [0.717, 1.165) is 32.5 Å². The molecule has 4 heteroatoms. The molecule has 0 bridgehead atoms. The Morgan fingerprint density at radius 1 is 1.00 bits per heavy atom. The summed E-state index contributed by atoms with van der Waals surface area (Å²) in [7, 11) is 0. The molecule has 0 spiro atoms. The molecule has 0 saturated heterocycles. The Balaban J connectivity index is 1.95. The van der Waals surface area contributed by atoms with Gasteiger partial charge in [0.15, 0.2) is 0 Å². The van der Waals surface area contributed by atoms with Crippen LogP contribution in [-0.2, 0) is 0 Å². The molecule has 1 heterocycles. The van der Waals surface area contributed by atoms with Crippen molar-refractivity contribution >= 4 is 11.3 Å². The first-order chi connectivity index (χ1) is 10.8. The number of nitrogens with zero attached hydrogens (tertiary/aromatic N) is 1. The quantitative estimate of drug-likeness (QED) is 0.769. The Bertz CT molecular complexity index is 736. The SMILES string of the molecule is Cc1nc(-c2ccccc2)c(-c2ccc(OCCO)cc2)s1. The second kappa shape index (κ2) is 6.73. The molecule has 0 aliphatic carbocycles. The summed E-state index contributed by atoms with van der Waals surface area (Å²) in [5.41, 5.74) is 3.27. The van der Waals surface area contributed by atoms with E-state index < -0.39 is 0 Å². The fraction of sp³-hybridized carbons (Fsp3) is 0.167. The van der Waals surface area contributed by atoms with E-state index in [1.165, 1.54) is 0 Å². The summed E-state index contributed by atoms with van der Waals surface area (Å²) < 4.78 is 5.40. The van der Waals surface area contributed by atoms with Gasteiger partial charge in [-0.2, -0.15) is 0 Å². The molecular formula is C18H17NO2S. The van der Waals surface area contributed by atoms with Crippen LogP contribution in [0.2, 0.25) is 0 Å². The molecule has 0 aliphatic heterocycles. The summed E-state index contributed by atoms with van der Waals surface area (Å²) in [6.07, 6.45) is 0. The highest BCUT2D eigenvalue weighted by atomic mass is 32.1. The molecule has 3 nitrogen and oxygen atoms in total. The zero-order valence-corrected chi connectivity index (χ0v) is 13.1. The van der Waals surface area contributed by atoms with Crippen molar-refractivity contribution in [1.82, 2.24) is 4.98 Å². The van der Waals surface area contributed by atoms with Crippen molar-refractivity contribution in [3.63, 3.8) is 0 Å². The summed E-state index contributed by atoms with van der Waals surface area (Å²) in [5, 5.41) is 9.84. The molecule has 1 N–H and O–H groups in total. The molecule has 0 radical (unpaired) electrons. The molecule has 3 aromatic rings. The summed E-state index contributed by atoms with van der Waals surface area (Å²) >= 11 is 1.69. The minimum Gasteiger partial charge on any atom is -0.491 e. The second-order valence-electron chi connectivity index (χ2n) is 4.87. The van der Waals surface area contributed by atoms with Crippen LogP contribution in [0, 0.1) is 6.92 Å². The minimum absolute atomic E-state index is 0.0218. The van der Waals surface area contributed by atoms with Crippen molar-refractivity contribution in [2.75, 3.05) is 13.2 Å². The summed E-state index contributed by atoms with van der Waals surface area (Å²) in [5.74, 6) is 0.764. The third-order valence-electron chi connectivity index (χ3n) is 3.26. The van der Waals surface area contributed by atoms with E-state index in [4.69, 9.17) is 9.84 Å². The van der Waals surface area contributed by atoms with Gasteiger partial charge in [0.05, 0.1) is 22.2 Å². The van der Waals surface area contributed by atoms with Crippen LogP contribution in [0.4, 0.5) is 0 Å². The van der Waals surface area contributed by atoms with Crippen LogP contribution in [0.25, 0.3) is 21.7 Å². The predicted molar refractivity (Wildman–Crippen MR) is 90.3 cm³/mol. The normalized spacial score (nSPS) is 10.6. The highest BCUT2D eigenvalue weighted by molar-refractivity contribution is 7.15. The molecule has 112 valence electrons. The van der Waals surface area contributed by atoms with E-state index in [1.54, 1.807) is 11.3 Å². The highest BCUT2D eigenvalue weighted by Crippen LogP contribution is 2.37. The standard InChI is InChI=1S/C18H17NO2S/c1-13-19-17(14-5-3-2-4-6-14)18(22-13)15-7-9-16(10-8-15)21-12-11-20/h2-10,20H,11-12H2,1H3. The van der Waals surface area contributed by atoms with Gasteiger partial charge < -0.3 is 9.84 Å². The fourth-order valence-corrected chi connectivity index (χ4v) is 3.23. The molecule has 0 aliphatic rings. The first-order valence-corrected chi connectivity index (χ1v) is 7.96. The van der Waals surface area contributed by atoms with Gasteiger partial charge in [-0.3, -0.25) is 0 Å². The third-order valence-corrected chi connectivity index (χ3v) is 4.28. The van der Waals surface area contributed by atoms with E-state index in [0.29, 0.717) is 6.61 Å². The van der Waals surface area contributed by atoms with E-state index in [1.807, 2.05) is 49.4 Å². The lowest BCUT2D eigenvalue weighted by Crippen LogP contribution is -2.01. The van der Waals surface area contributed by atoms with Crippen molar-refractivity contribution in [1.29, 1.82) is 0 Å². The highest BCUT2D eigenvalue weighted by Gasteiger charge is 2.13. The average molecular weight is 311 g/mol. The van der Waals surface area contributed by atoms with Crippen molar-refractivity contribution in [3.8, 4) is 27.4 Å². The maximum absolute atomic E-state index is 8.79. The van der Waals surface area contributed by atoms with E-state index in [-0.39, 0.29) is 6.61 Å². The smallest absolute Gasteiger partial charge is 0.119 e. The molecule has 2 aromatic carbocycles. The summed E-state index contributed by atoms with van der Waals surface area (Å²) in [6, 6.07) is 18.1. The van der Waals surface area contributed by atoms with Gasteiger partial charge in [0.25, 0.3) is 0 Å². The van der Waals surface area contributed by atoms with E-state index in [9.17, 15) is 0 Å². The molecular weight excluding hydrogens is 294 g/mol. The second-order valence-corrected chi connectivity index (χ2v) is 6.08. The third kappa shape index (κ3) is 3.18. The number of aliphatic hydroxyl groups is 1. The first kappa shape index (κ1) is 14.8. The van der Waals surface area contributed by atoms with Crippen LogP contribution in [0.3, 0.4) is 0 Å². The Kier molecular flexibility index (Phi) is 4.51. The minimum atomic E-state index is 0.0218. The molecule has 0 amide bonds. The van der Waals surface area contributed by atoms with Gasteiger partial charge in [-0.1, -0.05) is 30.3 Å². The van der Waals surface area contributed by atoms with Gasteiger partial charge in [0.2, 0.25) is 0 Å². The molecule has 0 fully saturated rings. The van der Waals surface area contributed by atoms with Crippen LogP contribution < -0.4 is 4.74 Å². The number of hydrogen-bond acceptors (Lipinski definition) is 4.